The number of carboxylic acids is 1. The second-order valence-corrected chi connectivity index (χ2v) is 4.31. The monoisotopic (exact) mass is 293 g/mol. The number of nitrogens with one attached hydrogen (secondary N) is 1. The van der Waals surface area contributed by atoms with Gasteiger partial charge < -0.3 is 15.2 Å². The van der Waals surface area contributed by atoms with E-state index in [1.54, 1.807) is 0 Å². The maximum absolute atomic E-state index is 13.5. The van der Waals surface area contributed by atoms with Crippen LogP contribution in [0.2, 0.25) is 0 Å². The zero-order valence-electron chi connectivity index (χ0n) is 11.2. The van der Waals surface area contributed by atoms with Crippen LogP contribution in [0.5, 0.6) is 5.75 Å². The molecule has 110 valence electrons. The zero-order valence-corrected chi connectivity index (χ0v) is 11.2. The van der Waals surface area contributed by atoms with Crippen LogP contribution >= 0.6 is 0 Å². The number of methoxy groups -OCH3 is 1. The topological polar surface area (TPSA) is 58.6 Å². The number of rotatable bonds is 5. The fraction of sp³-hybridized carbons (Fsp3) is 0.133. The van der Waals surface area contributed by atoms with Crippen molar-refractivity contribution in [3.8, 4) is 5.75 Å². The van der Waals surface area contributed by atoms with Gasteiger partial charge in [-0.25, -0.2) is 13.6 Å². The largest absolute Gasteiger partial charge is 0.495 e. The van der Waals surface area contributed by atoms with Gasteiger partial charge in [-0.3, -0.25) is 0 Å². The summed E-state index contributed by atoms with van der Waals surface area (Å²) < 4.78 is 31.5. The van der Waals surface area contributed by atoms with Gasteiger partial charge in [-0.1, -0.05) is 6.07 Å². The molecule has 0 aliphatic carbocycles. The van der Waals surface area contributed by atoms with Gasteiger partial charge >= 0.3 is 5.97 Å². The molecule has 2 aromatic rings. The molecule has 2 aromatic carbocycles. The van der Waals surface area contributed by atoms with Crippen molar-refractivity contribution >= 4 is 11.7 Å². The van der Waals surface area contributed by atoms with E-state index in [4.69, 9.17) is 9.84 Å². The number of ether oxygens (including phenoxy) is 1. The van der Waals surface area contributed by atoms with Gasteiger partial charge in [0.05, 0.1) is 18.4 Å². The minimum absolute atomic E-state index is 0.0749. The first kappa shape index (κ1) is 14.8. The second-order valence-electron chi connectivity index (χ2n) is 4.31. The molecule has 0 aliphatic rings. The highest BCUT2D eigenvalue weighted by Gasteiger charge is 2.10. The van der Waals surface area contributed by atoms with E-state index in [2.05, 4.69) is 5.32 Å². The van der Waals surface area contributed by atoms with Gasteiger partial charge in [-0.2, -0.15) is 0 Å². The van der Waals surface area contributed by atoms with E-state index in [1.165, 1.54) is 31.4 Å². The Morgan fingerprint density at radius 3 is 2.62 bits per heavy atom. The number of benzene rings is 2. The molecule has 0 radical (unpaired) electrons. The maximum atomic E-state index is 13.5. The molecule has 6 heteroatoms. The number of hydrogen-bond donors (Lipinski definition) is 2. The Hall–Kier alpha value is -2.63. The summed E-state index contributed by atoms with van der Waals surface area (Å²) in [7, 11) is 1.44. The van der Waals surface area contributed by atoms with Gasteiger partial charge in [0.15, 0.2) is 0 Å². The molecule has 4 nitrogen and oxygen atoms in total. The molecule has 0 heterocycles. The van der Waals surface area contributed by atoms with E-state index < -0.39 is 17.6 Å². The minimum Gasteiger partial charge on any atom is -0.495 e. The summed E-state index contributed by atoms with van der Waals surface area (Å²) in [6.07, 6.45) is 0. The normalized spacial score (nSPS) is 10.2. The molecule has 0 fully saturated rings. The van der Waals surface area contributed by atoms with E-state index in [0.717, 1.165) is 12.1 Å². The number of hydrogen-bond acceptors (Lipinski definition) is 3. The van der Waals surface area contributed by atoms with Gasteiger partial charge in [0, 0.05) is 18.2 Å². The Bertz CT molecular complexity index is 674. The van der Waals surface area contributed by atoms with E-state index in [1.807, 2.05) is 0 Å². The Morgan fingerprint density at radius 1 is 1.24 bits per heavy atom. The number of anilines is 1. The van der Waals surface area contributed by atoms with Gasteiger partial charge in [0.25, 0.3) is 0 Å². The predicted octanol–water partition coefficient (Wildman–Crippen LogP) is 3.28. The molecular weight excluding hydrogens is 280 g/mol. The fourth-order valence-corrected chi connectivity index (χ4v) is 1.83. The number of carbonyl (C=O) groups is 1. The zero-order chi connectivity index (χ0) is 15.4. The van der Waals surface area contributed by atoms with Gasteiger partial charge in [0.1, 0.15) is 17.4 Å². The first-order valence-electron chi connectivity index (χ1n) is 6.10. The van der Waals surface area contributed by atoms with Crippen LogP contribution in [0, 0.1) is 11.6 Å². The summed E-state index contributed by atoms with van der Waals surface area (Å²) in [5.74, 6) is -1.96. The molecule has 0 saturated heterocycles. The van der Waals surface area contributed by atoms with Crippen LogP contribution in [0.25, 0.3) is 0 Å². The highest BCUT2D eigenvalue weighted by molar-refractivity contribution is 5.89. The van der Waals surface area contributed by atoms with Crippen molar-refractivity contribution in [2.45, 2.75) is 6.54 Å². The van der Waals surface area contributed by atoms with Crippen LogP contribution in [0.1, 0.15) is 15.9 Å². The lowest BCUT2D eigenvalue weighted by molar-refractivity contribution is 0.0697. The average Bonchev–Trinajstić information content (AvgIpc) is 2.46. The Kier molecular flexibility index (Phi) is 4.37. The molecular formula is C15H13F2NO3. The van der Waals surface area contributed by atoms with E-state index in [0.29, 0.717) is 11.4 Å². The molecule has 21 heavy (non-hydrogen) atoms. The summed E-state index contributed by atoms with van der Waals surface area (Å²) in [4.78, 5) is 10.9. The van der Waals surface area contributed by atoms with E-state index >= 15 is 0 Å². The van der Waals surface area contributed by atoms with E-state index in [9.17, 15) is 13.6 Å². The molecule has 0 spiro atoms. The molecule has 0 aromatic heterocycles. The summed E-state index contributed by atoms with van der Waals surface area (Å²) in [5.41, 5.74) is 0.762. The average molecular weight is 293 g/mol. The van der Waals surface area contributed by atoms with Crippen LogP contribution < -0.4 is 10.1 Å². The van der Waals surface area contributed by atoms with Gasteiger partial charge in [-0.15, -0.1) is 0 Å². The van der Waals surface area contributed by atoms with Crippen molar-refractivity contribution in [2.75, 3.05) is 12.4 Å². The van der Waals surface area contributed by atoms with Crippen molar-refractivity contribution in [1.82, 2.24) is 0 Å². The lowest BCUT2D eigenvalue weighted by Gasteiger charge is -2.12. The molecule has 2 rings (SSSR count). The minimum atomic E-state index is -1.08. The quantitative estimate of drug-likeness (QED) is 0.888. The smallest absolute Gasteiger partial charge is 0.335 e. The number of aromatic carboxylic acids is 1. The Balaban J connectivity index is 2.22. The molecule has 0 amide bonds. The highest BCUT2D eigenvalue weighted by atomic mass is 19.1. The SMILES string of the molecule is COc1ccc(C(=O)O)cc1NCc1ccc(F)cc1F. The maximum Gasteiger partial charge on any atom is 0.335 e. The summed E-state index contributed by atoms with van der Waals surface area (Å²) >= 11 is 0. The predicted molar refractivity (Wildman–Crippen MR) is 73.6 cm³/mol. The third kappa shape index (κ3) is 3.47. The molecule has 2 N–H and O–H groups in total. The third-order valence-corrected chi connectivity index (χ3v) is 2.93. The third-order valence-electron chi connectivity index (χ3n) is 2.93. The summed E-state index contributed by atoms with van der Waals surface area (Å²) in [6, 6.07) is 7.58. The molecule has 0 aliphatic heterocycles. The molecule has 0 unspecified atom stereocenters. The van der Waals surface area contributed by atoms with Crippen LogP contribution in [0.3, 0.4) is 0 Å². The van der Waals surface area contributed by atoms with Crippen molar-refractivity contribution in [1.29, 1.82) is 0 Å². The summed E-state index contributed by atoms with van der Waals surface area (Å²) in [5, 5.41) is 11.8. The van der Waals surface area contributed by atoms with Crippen LogP contribution in [-0.4, -0.2) is 18.2 Å². The van der Waals surface area contributed by atoms with Gasteiger partial charge in [-0.05, 0) is 24.3 Å². The molecule has 0 bridgehead atoms. The summed E-state index contributed by atoms with van der Waals surface area (Å²) in [6.45, 7) is 0.0749. The van der Waals surface area contributed by atoms with E-state index in [-0.39, 0.29) is 17.7 Å². The first-order chi connectivity index (χ1) is 10.0. The second kappa shape index (κ2) is 6.21. The van der Waals surface area contributed by atoms with Crippen molar-refractivity contribution < 1.29 is 23.4 Å². The van der Waals surface area contributed by atoms with Crippen molar-refractivity contribution in [3.05, 3.63) is 59.2 Å². The standard InChI is InChI=1S/C15H13F2NO3/c1-21-14-5-3-9(15(19)20)6-13(14)18-8-10-2-4-11(16)7-12(10)17/h2-7,18H,8H2,1H3,(H,19,20). The fourth-order valence-electron chi connectivity index (χ4n) is 1.83. The number of halogens is 2. The highest BCUT2D eigenvalue weighted by Crippen LogP contribution is 2.26. The molecule has 0 atom stereocenters. The van der Waals surface area contributed by atoms with Crippen LogP contribution in [0.15, 0.2) is 36.4 Å². The van der Waals surface area contributed by atoms with Crippen molar-refractivity contribution in [3.63, 3.8) is 0 Å². The molecule has 0 saturated carbocycles. The van der Waals surface area contributed by atoms with Crippen LogP contribution in [-0.2, 0) is 6.54 Å². The van der Waals surface area contributed by atoms with Gasteiger partial charge in [0.2, 0.25) is 0 Å². The Morgan fingerprint density at radius 2 is 2.00 bits per heavy atom. The van der Waals surface area contributed by atoms with Crippen LogP contribution in [0.4, 0.5) is 14.5 Å². The number of carboxylic acid groups (broad SMARTS) is 1. The Labute approximate surface area is 120 Å². The lowest BCUT2D eigenvalue weighted by Crippen LogP contribution is -2.05. The van der Waals surface area contributed by atoms with Crippen molar-refractivity contribution in [2.24, 2.45) is 0 Å². The first-order valence-corrected chi connectivity index (χ1v) is 6.10. The lowest BCUT2D eigenvalue weighted by atomic mass is 10.1.